The number of rotatable bonds is 7. The van der Waals surface area contributed by atoms with E-state index in [9.17, 15) is 4.79 Å². The van der Waals surface area contributed by atoms with Crippen molar-refractivity contribution in [2.75, 3.05) is 45.8 Å². The number of hydrogen-bond acceptors (Lipinski definition) is 4. The second-order valence-corrected chi connectivity index (χ2v) is 7.66. The molecule has 0 aromatic heterocycles. The van der Waals surface area contributed by atoms with E-state index in [0.29, 0.717) is 18.0 Å². The van der Waals surface area contributed by atoms with Crippen LogP contribution in [0.4, 0.5) is 0 Å². The number of halogens is 3. The molecule has 3 fully saturated rings. The van der Waals surface area contributed by atoms with Crippen molar-refractivity contribution in [3.05, 3.63) is 0 Å². The zero-order valence-electron chi connectivity index (χ0n) is 16.0. The molecule has 1 amide bonds. The number of hydrogen-bond donors (Lipinski definition) is 2. The fourth-order valence-corrected chi connectivity index (χ4v) is 4.54. The van der Waals surface area contributed by atoms with Gasteiger partial charge < -0.3 is 20.4 Å². The van der Waals surface area contributed by atoms with Crippen LogP contribution in [-0.2, 0) is 4.79 Å². The molecule has 3 aliphatic heterocycles. The molecule has 2 bridgehead atoms. The van der Waals surface area contributed by atoms with Gasteiger partial charge >= 0.3 is 0 Å². The van der Waals surface area contributed by atoms with Gasteiger partial charge in [0.1, 0.15) is 0 Å². The Morgan fingerprint density at radius 2 is 1.58 bits per heavy atom. The van der Waals surface area contributed by atoms with Crippen molar-refractivity contribution in [1.29, 1.82) is 0 Å². The molecule has 2 N–H and O–H groups in total. The largest absolute Gasteiger partial charge is 0.356 e. The van der Waals surface area contributed by atoms with Gasteiger partial charge in [0.15, 0.2) is 0 Å². The summed E-state index contributed by atoms with van der Waals surface area (Å²) < 4.78 is 0. The molecule has 8 heteroatoms. The molecule has 3 heterocycles. The van der Waals surface area contributed by atoms with Crippen molar-refractivity contribution in [1.82, 2.24) is 20.4 Å². The predicted octanol–water partition coefficient (Wildman–Crippen LogP) is 2.32. The van der Waals surface area contributed by atoms with Crippen molar-refractivity contribution in [2.24, 2.45) is 5.92 Å². The van der Waals surface area contributed by atoms with Crippen LogP contribution in [0.5, 0.6) is 0 Å². The van der Waals surface area contributed by atoms with Gasteiger partial charge in [-0.2, -0.15) is 0 Å². The van der Waals surface area contributed by atoms with Gasteiger partial charge in [0.05, 0.1) is 0 Å². The van der Waals surface area contributed by atoms with Gasteiger partial charge in [-0.1, -0.05) is 6.92 Å². The number of piperazine rings is 1. The van der Waals surface area contributed by atoms with Crippen molar-refractivity contribution >= 4 is 43.1 Å². The Bertz CT molecular complexity index is 383. The van der Waals surface area contributed by atoms with Gasteiger partial charge in [-0.3, -0.25) is 4.79 Å². The number of nitrogens with one attached hydrogen (secondary N) is 2. The molecule has 2 atom stereocenters. The summed E-state index contributed by atoms with van der Waals surface area (Å²) in [6.07, 6.45) is 6.85. The summed E-state index contributed by atoms with van der Waals surface area (Å²) in [6, 6.07) is 1.38. The number of nitrogens with zero attached hydrogens (tertiary/aromatic N) is 2. The highest BCUT2D eigenvalue weighted by Crippen LogP contribution is 2.32. The fourth-order valence-electron chi connectivity index (χ4n) is 4.54. The van der Waals surface area contributed by atoms with Crippen LogP contribution in [0.15, 0.2) is 0 Å². The number of piperidine rings is 1. The molecule has 3 rings (SSSR count). The highest BCUT2D eigenvalue weighted by atomic mass is 35.5. The Kier molecular flexibility index (Phi) is 13.5. The highest BCUT2D eigenvalue weighted by molar-refractivity contribution is 5.86. The summed E-state index contributed by atoms with van der Waals surface area (Å²) in [5.41, 5.74) is 0. The van der Waals surface area contributed by atoms with E-state index in [4.69, 9.17) is 0 Å². The molecule has 3 saturated heterocycles. The standard InChI is InChI=1S/C18H34N4O.3ClH/c1-2-21-8-10-22(11-9-21)7-3-6-19-18(23)14-15-12-16-4-5-17(13-15)20-16;;;/h15-17,20H,2-14H2,1H3,(H,19,23);3*1H. The minimum Gasteiger partial charge on any atom is -0.356 e. The van der Waals surface area contributed by atoms with Crippen LogP contribution in [-0.4, -0.2) is 73.6 Å². The second-order valence-electron chi connectivity index (χ2n) is 7.66. The molecule has 0 radical (unpaired) electrons. The monoisotopic (exact) mass is 430 g/mol. The highest BCUT2D eigenvalue weighted by Gasteiger charge is 2.34. The first-order chi connectivity index (χ1) is 11.2. The molecular weight excluding hydrogens is 395 g/mol. The molecule has 0 aliphatic carbocycles. The van der Waals surface area contributed by atoms with Crippen molar-refractivity contribution in [3.63, 3.8) is 0 Å². The smallest absolute Gasteiger partial charge is 0.220 e. The van der Waals surface area contributed by atoms with Crippen LogP contribution in [0.25, 0.3) is 0 Å². The summed E-state index contributed by atoms with van der Waals surface area (Å²) in [6.45, 7) is 10.1. The molecule has 2 unspecified atom stereocenters. The van der Waals surface area contributed by atoms with Crippen LogP contribution in [0.3, 0.4) is 0 Å². The van der Waals surface area contributed by atoms with Gasteiger partial charge in [-0.25, -0.2) is 0 Å². The Hall–Kier alpha value is 0.220. The molecule has 26 heavy (non-hydrogen) atoms. The van der Waals surface area contributed by atoms with Crippen LogP contribution in [0.2, 0.25) is 0 Å². The van der Waals surface area contributed by atoms with E-state index in [1.165, 1.54) is 58.4 Å². The number of carbonyl (C=O) groups excluding carboxylic acids is 1. The van der Waals surface area contributed by atoms with E-state index in [2.05, 4.69) is 27.4 Å². The maximum Gasteiger partial charge on any atom is 0.220 e. The SMILES string of the molecule is CCN1CCN(CCCNC(=O)CC2CC3CCC(C2)N3)CC1.Cl.Cl.Cl. The molecule has 0 aromatic carbocycles. The first kappa shape index (κ1) is 26.2. The lowest BCUT2D eigenvalue weighted by molar-refractivity contribution is -0.122. The molecule has 0 spiro atoms. The average Bonchev–Trinajstić information content (AvgIpc) is 2.91. The lowest BCUT2D eigenvalue weighted by atomic mass is 9.89. The third-order valence-corrected chi connectivity index (χ3v) is 5.93. The summed E-state index contributed by atoms with van der Waals surface area (Å²) in [4.78, 5) is 17.2. The first-order valence-electron chi connectivity index (χ1n) is 9.70. The van der Waals surface area contributed by atoms with Gasteiger partial charge in [-0.05, 0) is 51.1 Å². The van der Waals surface area contributed by atoms with Crippen molar-refractivity contribution in [2.45, 2.75) is 57.5 Å². The van der Waals surface area contributed by atoms with Crippen LogP contribution in [0.1, 0.15) is 45.4 Å². The van der Waals surface area contributed by atoms with Gasteiger partial charge in [0, 0.05) is 51.2 Å². The third kappa shape index (κ3) is 8.07. The lowest BCUT2D eigenvalue weighted by Crippen LogP contribution is -2.46. The van der Waals surface area contributed by atoms with Crippen LogP contribution in [0, 0.1) is 5.92 Å². The molecule has 0 saturated carbocycles. The van der Waals surface area contributed by atoms with Crippen LogP contribution >= 0.6 is 37.2 Å². The summed E-state index contributed by atoms with van der Waals surface area (Å²) in [7, 11) is 0. The Morgan fingerprint density at radius 1 is 1.00 bits per heavy atom. The van der Waals surface area contributed by atoms with Crippen LogP contribution < -0.4 is 10.6 Å². The number of carbonyl (C=O) groups is 1. The van der Waals surface area contributed by atoms with Gasteiger partial charge in [-0.15, -0.1) is 37.2 Å². The minimum atomic E-state index is 0. The predicted molar refractivity (Wildman–Crippen MR) is 115 cm³/mol. The van der Waals surface area contributed by atoms with Gasteiger partial charge in [0.2, 0.25) is 5.91 Å². The van der Waals surface area contributed by atoms with E-state index < -0.39 is 0 Å². The minimum absolute atomic E-state index is 0. The van der Waals surface area contributed by atoms with E-state index in [0.717, 1.165) is 25.9 Å². The number of likely N-dealkylation sites (N-methyl/N-ethyl adjacent to an activating group) is 1. The van der Waals surface area contributed by atoms with E-state index >= 15 is 0 Å². The molecule has 0 aromatic rings. The van der Waals surface area contributed by atoms with E-state index in [-0.39, 0.29) is 43.1 Å². The normalized spacial score (nSPS) is 28.4. The zero-order chi connectivity index (χ0) is 16.1. The molecular formula is C18H37Cl3N4O. The third-order valence-electron chi connectivity index (χ3n) is 5.93. The first-order valence-corrected chi connectivity index (χ1v) is 9.70. The summed E-state index contributed by atoms with van der Waals surface area (Å²) in [5.74, 6) is 0.878. The molecule has 3 aliphatic rings. The Labute approximate surface area is 177 Å². The second kappa shape index (κ2) is 13.4. The Balaban J connectivity index is 0.00000208. The summed E-state index contributed by atoms with van der Waals surface area (Å²) in [5, 5.41) is 6.79. The fraction of sp³-hybridized carbons (Fsp3) is 0.944. The van der Waals surface area contributed by atoms with E-state index in [1.54, 1.807) is 0 Å². The summed E-state index contributed by atoms with van der Waals surface area (Å²) >= 11 is 0. The Morgan fingerprint density at radius 3 is 2.15 bits per heavy atom. The average molecular weight is 432 g/mol. The maximum absolute atomic E-state index is 12.1. The van der Waals surface area contributed by atoms with Gasteiger partial charge in [0.25, 0.3) is 0 Å². The topological polar surface area (TPSA) is 47.6 Å². The van der Waals surface area contributed by atoms with Crippen molar-refractivity contribution in [3.8, 4) is 0 Å². The molecule has 5 nitrogen and oxygen atoms in total. The molecule has 156 valence electrons. The zero-order valence-corrected chi connectivity index (χ0v) is 18.4. The van der Waals surface area contributed by atoms with Crippen molar-refractivity contribution < 1.29 is 4.79 Å². The lowest BCUT2D eigenvalue weighted by Gasteiger charge is -2.34. The number of fused-ring (bicyclic) bond motifs is 2. The quantitative estimate of drug-likeness (QED) is 0.607. The van der Waals surface area contributed by atoms with E-state index in [1.807, 2.05) is 0 Å². The number of amides is 1. The maximum atomic E-state index is 12.1.